The van der Waals surface area contributed by atoms with E-state index in [9.17, 15) is 4.79 Å². The SMILES string of the molecule is CCCc1cc(C2N[C@@H](C(=O)NO)CO2)cc(OC)c1OC. The number of benzene rings is 1. The van der Waals surface area contributed by atoms with Crippen molar-refractivity contribution in [2.75, 3.05) is 20.8 Å². The number of hydroxylamine groups is 1. The van der Waals surface area contributed by atoms with Crippen molar-refractivity contribution in [3.8, 4) is 11.5 Å². The van der Waals surface area contributed by atoms with Gasteiger partial charge in [-0.15, -0.1) is 0 Å². The van der Waals surface area contributed by atoms with Crippen LogP contribution >= 0.6 is 0 Å². The second-order valence-electron chi connectivity index (χ2n) is 5.07. The summed E-state index contributed by atoms with van der Waals surface area (Å²) in [7, 11) is 3.20. The van der Waals surface area contributed by atoms with Crippen molar-refractivity contribution in [3.63, 3.8) is 0 Å². The minimum absolute atomic E-state index is 0.189. The fraction of sp³-hybridized carbons (Fsp3) is 0.533. The lowest BCUT2D eigenvalue weighted by Crippen LogP contribution is -2.41. The lowest BCUT2D eigenvalue weighted by Gasteiger charge is -2.18. The number of carbonyl (C=O) groups is 1. The van der Waals surface area contributed by atoms with Crippen molar-refractivity contribution < 1.29 is 24.2 Å². The van der Waals surface area contributed by atoms with E-state index in [2.05, 4.69) is 12.2 Å². The highest BCUT2D eigenvalue weighted by atomic mass is 16.5. The fourth-order valence-corrected chi connectivity index (χ4v) is 2.57. The molecule has 7 heteroatoms. The third kappa shape index (κ3) is 3.32. The fourth-order valence-electron chi connectivity index (χ4n) is 2.57. The molecule has 1 heterocycles. The van der Waals surface area contributed by atoms with Crippen LogP contribution in [0.15, 0.2) is 12.1 Å². The number of carbonyl (C=O) groups excluding carboxylic acids is 1. The standard InChI is InChI=1S/C15H22N2O5/c1-4-5-9-6-10(7-12(20-2)13(9)21-3)15-16-11(8-22-15)14(18)17-19/h6-7,11,15-16,19H,4-5,8H2,1-3H3,(H,17,18)/t11-,15?/m1/s1. The summed E-state index contributed by atoms with van der Waals surface area (Å²) in [6.07, 6.45) is 1.38. The number of nitrogens with one attached hydrogen (secondary N) is 2. The molecule has 1 amide bonds. The van der Waals surface area contributed by atoms with Gasteiger partial charge in [-0.2, -0.15) is 0 Å². The molecular weight excluding hydrogens is 288 g/mol. The summed E-state index contributed by atoms with van der Waals surface area (Å²) in [4.78, 5) is 11.4. The van der Waals surface area contributed by atoms with E-state index in [1.165, 1.54) is 0 Å². The van der Waals surface area contributed by atoms with E-state index >= 15 is 0 Å². The number of hydrogen-bond donors (Lipinski definition) is 3. The summed E-state index contributed by atoms with van der Waals surface area (Å²) in [6, 6.07) is 3.23. The Morgan fingerprint density at radius 3 is 2.82 bits per heavy atom. The Hall–Kier alpha value is -1.83. The van der Waals surface area contributed by atoms with E-state index in [-0.39, 0.29) is 6.61 Å². The molecule has 1 saturated heterocycles. The second kappa shape index (κ2) is 7.44. The van der Waals surface area contributed by atoms with Gasteiger partial charge in [0, 0.05) is 0 Å². The molecule has 22 heavy (non-hydrogen) atoms. The number of methoxy groups -OCH3 is 2. The molecule has 122 valence electrons. The zero-order valence-electron chi connectivity index (χ0n) is 13.0. The molecule has 1 aromatic carbocycles. The molecule has 2 atom stereocenters. The van der Waals surface area contributed by atoms with Crippen LogP contribution in [0, 0.1) is 0 Å². The van der Waals surface area contributed by atoms with Gasteiger partial charge in [-0.1, -0.05) is 13.3 Å². The molecule has 0 aliphatic carbocycles. The van der Waals surface area contributed by atoms with Crippen molar-refractivity contribution in [3.05, 3.63) is 23.3 Å². The largest absolute Gasteiger partial charge is 0.493 e. The molecule has 2 rings (SSSR count). The number of hydrogen-bond acceptors (Lipinski definition) is 6. The van der Waals surface area contributed by atoms with Crippen LogP contribution in [-0.4, -0.2) is 38.0 Å². The number of rotatable bonds is 6. The summed E-state index contributed by atoms with van der Waals surface area (Å²) in [5.41, 5.74) is 3.51. The Morgan fingerprint density at radius 2 is 2.23 bits per heavy atom. The summed E-state index contributed by atoms with van der Waals surface area (Å²) in [5, 5.41) is 11.7. The van der Waals surface area contributed by atoms with E-state index in [0.717, 1.165) is 29.7 Å². The molecule has 1 unspecified atom stereocenters. The first-order chi connectivity index (χ1) is 10.6. The molecule has 0 aromatic heterocycles. The predicted octanol–water partition coefficient (Wildman–Crippen LogP) is 1.15. The molecule has 0 radical (unpaired) electrons. The van der Waals surface area contributed by atoms with Crippen molar-refractivity contribution in [2.24, 2.45) is 0 Å². The normalized spacial score (nSPS) is 20.7. The smallest absolute Gasteiger partial charge is 0.262 e. The zero-order chi connectivity index (χ0) is 16.1. The van der Waals surface area contributed by atoms with Gasteiger partial charge in [0.1, 0.15) is 12.3 Å². The van der Waals surface area contributed by atoms with Gasteiger partial charge in [0.25, 0.3) is 5.91 Å². The zero-order valence-corrected chi connectivity index (χ0v) is 13.0. The third-order valence-corrected chi connectivity index (χ3v) is 3.61. The molecule has 1 fully saturated rings. The van der Waals surface area contributed by atoms with E-state index in [1.807, 2.05) is 12.1 Å². The predicted molar refractivity (Wildman–Crippen MR) is 79.1 cm³/mol. The van der Waals surface area contributed by atoms with Crippen LogP contribution in [0.1, 0.15) is 30.7 Å². The van der Waals surface area contributed by atoms with Crippen LogP contribution < -0.4 is 20.3 Å². The quantitative estimate of drug-likeness (QED) is 0.539. The summed E-state index contributed by atoms with van der Waals surface area (Å²) in [5.74, 6) is 0.830. The lowest BCUT2D eigenvalue weighted by atomic mass is 10.0. The van der Waals surface area contributed by atoms with Gasteiger partial charge >= 0.3 is 0 Å². The van der Waals surface area contributed by atoms with E-state index in [4.69, 9.17) is 19.4 Å². The van der Waals surface area contributed by atoms with Crippen LogP contribution in [0.5, 0.6) is 11.5 Å². The van der Waals surface area contributed by atoms with Crippen molar-refractivity contribution in [1.82, 2.24) is 10.8 Å². The van der Waals surface area contributed by atoms with Gasteiger partial charge in [-0.05, 0) is 29.7 Å². The highest BCUT2D eigenvalue weighted by Gasteiger charge is 2.31. The van der Waals surface area contributed by atoms with Gasteiger partial charge in [0.05, 0.1) is 20.8 Å². The van der Waals surface area contributed by atoms with Crippen LogP contribution in [-0.2, 0) is 16.0 Å². The maximum Gasteiger partial charge on any atom is 0.262 e. The summed E-state index contributed by atoms with van der Waals surface area (Å²) >= 11 is 0. The molecule has 0 saturated carbocycles. The minimum atomic E-state index is -0.585. The van der Waals surface area contributed by atoms with Crippen molar-refractivity contribution in [1.29, 1.82) is 0 Å². The van der Waals surface area contributed by atoms with E-state index in [1.54, 1.807) is 19.7 Å². The summed E-state index contributed by atoms with van der Waals surface area (Å²) in [6.45, 7) is 2.28. The first kappa shape index (κ1) is 16.5. The highest BCUT2D eigenvalue weighted by Crippen LogP contribution is 2.36. The maximum atomic E-state index is 11.4. The molecule has 7 nitrogen and oxygen atoms in total. The third-order valence-electron chi connectivity index (χ3n) is 3.61. The molecule has 0 bridgehead atoms. The average Bonchev–Trinajstić information content (AvgIpc) is 3.03. The molecule has 3 N–H and O–H groups in total. The molecule has 0 spiro atoms. The first-order valence-corrected chi connectivity index (χ1v) is 7.21. The topological polar surface area (TPSA) is 89.1 Å². The van der Waals surface area contributed by atoms with Gasteiger partial charge < -0.3 is 14.2 Å². The Kier molecular flexibility index (Phi) is 5.59. The van der Waals surface area contributed by atoms with Crippen LogP contribution in [0.25, 0.3) is 0 Å². The van der Waals surface area contributed by atoms with Gasteiger partial charge in [0.2, 0.25) is 0 Å². The van der Waals surface area contributed by atoms with E-state index < -0.39 is 18.2 Å². The molecule has 1 aromatic rings. The second-order valence-corrected chi connectivity index (χ2v) is 5.07. The van der Waals surface area contributed by atoms with Gasteiger partial charge in [0.15, 0.2) is 11.5 Å². The Balaban J connectivity index is 2.28. The van der Waals surface area contributed by atoms with Gasteiger partial charge in [-0.25, -0.2) is 5.48 Å². The molecule has 1 aliphatic rings. The Morgan fingerprint density at radius 1 is 1.45 bits per heavy atom. The lowest BCUT2D eigenvalue weighted by molar-refractivity contribution is -0.131. The van der Waals surface area contributed by atoms with Crippen molar-refractivity contribution >= 4 is 5.91 Å². The van der Waals surface area contributed by atoms with Crippen LogP contribution in [0.2, 0.25) is 0 Å². The van der Waals surface area contributed by atoms with Crippen LogP contribution in [0.4, 0.5) is 0 Å². The first-order valence-electron chi connectivity index (χ1n) is 7.21. The monoisotopic (exact) mass is 310 g/mol. The van der Waals surface area contributed by atoms with Crippen LogP contribution in [0.3, 0.4) is 0 Å². The maximum absolute atomic E-state index is 11.4. The Bertz CT molecular complexity index is 535. The van der Waals surface area contributed by atoms with E-state index in [0.29, 0.717) is 5.75 Å². The minimum Gasteiger partial charge on any atom is -0.493 e. The summed E-state index contributed by atoms with van der Waals surface area (Å²) < 4.78 is 16.4. The average molecular weight is 310 g/mol. The number of ether oxygens (including phenoxy) is 3. The molecule has 1 aliphatic heterocycles. The highest BCUT2D eigenvalue weighted by molar-refractivity contribution is 5.81. The van der Waals surface area contributed by atoms with Crippen molar-refractivity contribution in [2.45, 2.75) is 32.0 Å². The number of aryl methyl sites for hydroxylation is 1. The number of amides is 1. The van der Waals surface area contributed by atoms with Gasteiger partial charge in [-0.3, -0.25) is 15.3 Å². The molecular formula is C15H22N2O5. The Labute approximate surface area is 129 Å².